The van der Waals surface area contributed by atoms with Crippen LogP contribution < -0.4 is 43.6 Å². The van der Waals surface area contributed by atoms with Gasteiger partial charge in [0.15, 0.2) is 6.79 Å². The topological polar surface area (TPSA) is 248 Å². The molecule has 0 bridgehead atoms. The van der Waals surface area contributed by atoms with Crippen LogP contribution in [0, 0.1) is 5.92 Å². The number of carboxylic acids is 1. The molecular formula is C100H150Cl2N18O9. The monoisotopic (exact) mass is 1820 g/mol. The Kier molecular flexibility index (Phi) is 43.3. The number of ether oxygens (including phenoxy) is 4. The van der Waals surface area contributed by atoms with Gasteiger partial charge in [0, 0.05) is 200 Å². The minimum atomic E-state index is -0.892. The number of aromatic hydroxyl groups is 2. The molecule has 0 saturated carbocycles. The Balaban J connectivity index is 0.000000278. The third-order valence-corrected chi connectivity index (χ3v) is 22.7. The van der Waals surface area contributed by atoms with E-state index in [2.05, 4.69) is 148 Å². The zero-order valence-corrected chi connectivity index (χ0v) is 78.6. The number of hydrogen-bond acceptors (Lipinski definition) is 25. The molecule has 3 fully saturated rings. The second kappa shape index (κ2) is 52.7. The number of benzene rings is 6. The van der Waals surface area contributed by atoms with Crippen LogP contribution in [-0.4, -0.2) is 288 Å². The molecule has 6 aliphatic heterocycles. The van der Waals surface area contributed by atoms with Crippen LogP contribution in [0.2, 0.25) is 0 Å². The molecular weight excluding hydrogens is 1670 g/mol. The maximum absolute atomic E-state index is 12.8. The molecule has 1 amide bonds. The van der Waals surface area contributed by atoms with E-state index in [0.29, 0.717) is 64.1 Å². The lowest BCUT2D eigenvalue weighted by atomic mass is 10.0. The Morgan fingerprint density at radius 1 is 0.465 bits per heavy atom. The van der Waals surface area contributed by atoms with Crippen molar-refractivity contribution >= 4 is 104 Å². The van der Waals surface area contributed by atoms with Crippen LogP contribution in [0.15, 0.2) is 133 Å². The maximum Gasteiger partial charge on any atom is 0.328 e. The molecule has 3 saturated heterocycles. The standard InChI is InChI=1S/C33H45N7O2.C29H39N5O3.C27H35N5O2.C6H11NO2.C2H6.3CH4.2ClH/c1-24(22-37(4)5)19-31-34-29-23-40(30-21-26(41)20-25-9-6-7-10-27(25)30)14-12-28(29)33(35-31)39-17-15-38(16-18-39)32(42)11-8-13-36(2)3;1-21(18-32(2)3)37-29-30-26-19-34(15-12-25(26)28(31-29)33-13-8-5-9-14-33)27-17-23(36-20-35-4)16-22-10-6-7-11-24(22)27;1-19(17-30(2)3)34-27-28-24-18-32(25-16-21(33)15-20-9-5-6-10-22(20)25)14-11-23(24)26(29-27)31-12-7-4-8-13-31;1-7(2)5-3-4-6(8)9;1-2;;;;;/h6-11,20-21,24,41H,12-19,22-23H2,1-5H3;6-7,10-11,16-17,21H,5,8-9,12-15,18-20H2,1-4H3;5-6,9-10,15-16,19,33H,4,7-8,11-14,17-18H2,1-3H3;3-4H,5H2,1-2H3,(H,8,9);1-2H3;3*1H4;2*1H/b11-8+;;;4-3+;;;;;;/t24-;21-;19-;;;;;;;/m011......./s1/i;;;;1D;;;;;. The molecule has 0 spiro atoms. The summed E-state index contributed by atoms with van der Waals surface area (Å²) in [5, 5.41) is 35.7. The zero-order valence-electron chi connectivity index (χ0n) is 78.0. The number of rotatable bonds is 27. The Bertz CT molecular complexity index is 5070. The first-order valence-electron chi connectivity index (χ1n) is 44.9. The summed E-state index contributed by atoms with van der Waals surface area (Å²) in [7, 11) is 21.8. The number of phenolic OH excluding ortho intramolecular Hbond substituents is 2. The molecule has 3 N–H and O–H groups in total. The highest BCUT2D eigenvalue weighted by atomic mass is 35.5. The van der Waals surface area contributed by atoms with Gasteiger partial charge in [-0.2, -0.15) is 19.9 Å². The van der Waals surface area contributed by atoms with Gasteiger partial charge in [0.05, 0.1) is 36.7 Å². The van der Waals surface area contributed by atoms with Crippen molar-refractivity contribution in [2.24, 2.45) is 5.92 Å². The summed E-state index contributed by atoms with van der Waals surface area (Å²) in [5.74, 6) is 5.01. The molecule has 708 valence electrons. The molecule has 0 radical (unpaired) electrons. The lowest BCUT2D eigenvalue weighted by molar-refractivity contribution is -0.131. The van der Waals surface area contributed by atoms with E-state index in [-0.39, 0.29) is 83.5 Å². The van der Waals surface area contributed by atoms with Crippen molar-refractivity contribution < 1.29 is 45.2 Å². The van der Waals surface area contributed by atoms with Crippen molar-refractivity contribution in [3.63, 3.8) is 0 Å². The number of carbonyl (C=O) groups excluding carboxylic acids is 1. The number of halogens is 2. The molecule has 6 aromatic carbocycles. The van der Waals surface area contributed by atoms with Crippen LogP contribution >= 0.6 is 24.8 Å². The van der Waals surface area contributed by atoms with Gasteiger partial charge in [0.25, 0.3) is 0 Å². The molecule has 9 aromatic rings. The van der Waals surface area contributed by atoms with Gasteiger partial charge in [0.2, 0.25) is 5.91 Å². The Morgan fingerprint density at radius 2 is 0.845 bits per heavy atom. The number of likely N-dealkylation sites (N-methyl/N-ethyl adjacent to an activating group) is 4. The maximum atomic E-state index is 12.8. The van der Waals surface area contributed by atoms with Crippen molar-refractivity contribution in [1.82, 2.24) is 59.3 Å². The fourth-order valence-corrected chi connectivity index (χ4v) is 17.3. The Morgan fingerprint density at radius 3 is 1.25 bits per heavy atom. The second-order valence-electron chi connectivity index (χ2n) is 34.5. The first-order valence-corrected chi connectivity index (χ1v) is 44.2. The number of piperidine rings is 2. The minimum absolute atomic E-state index is 0. The van der Waals surface area contributed by atoms with Crippen molar-refractivity contribution in [3.8, 4) is 29.3 Å². The summed E-state index contributed by atoms with van der Waals surface area (Å²) in [6, 6.07) is 37.5. The number of phenols is 2. The van der Waals surface area contributed by atoms with E-state index < -0.39 is 5.97 Å². The van der Waals surface area contributed by atoms with Crippen LogP contribution in [0.1, 0.15) is 136 Å². The highest BCUT2D eigenvalue weighted by Gasteiger charge is 2.33. The average Bonchev–Trinajstić information content (AvgIpc) is 0.773. The molecule has 15 rings (SSSR count). The highest BCUT2D eigenvalue weighted by Crippen LogP contribution is 2.42. The van der Waals surface area contributed by atoms with Crippen molar-refractivity contribution in [1.29, 1.82) is 0 Å². The van der Waals surface area contributed by atoms with Crippen molar-refractivity contribution in [2.75, 3.05) is 218 Å². The number of piperazine rings is 1. The molecule has 27 nitrogen and oxygen atoms in total. The number of aromatic nitrogens is 6. The predicted molar refractivity (Wildman–Crippen MR) is 537 cm³/mol. The highest BCUT2D eigenvalue weighted by molar-refractivity contribution is 5.98. The number of hydrogen-bond donors (Lipinski definition) is 3. The summed E-state index contributed by atoms with van der Waals surface area (Å²) in [6.45, 7) is 24.6. The molecule has 0 aliphatic carbocycles. The number of carbonyl (C=O) groups is 2. The van der Waals surface area contributed by atoms with Gasteiger partial charge in [-0.1, -0.05) is 128 Å². The fraction of sp³-hybridized carbons (Fsp3) is 0.520. The second-order valence-corrected chi connectivity index (χ2v) is 34.5. The largest absolute Gasteiger partial charge is 0.508 e. The number of aliphatic carboxylic acids is 1. The minimum Gasteiger partial charge on any atom is -0.508 e. The van der Waals surface area contributed by atoms with E-state index in [4.69, 9.17) is 55.3 Å². The smallest absolute Gasteiger partial charge is 0.328 e. The first kappa shape index (κ1) is 106. The number of amides is 1. The fourth-order valence-electron chi connectivity index (χ4n) is 17.3. The number of anilines is 6. The summed E-state index contributed by atoms with van der Waals surface area (Å²) < 4.78 is 29.7. The summed E-state index contributed by atoms with van der Waals surface area (Å²) in [5.41, 5.74) is 10.1. The van der Waals surface area contributed by atoms with Gasteiger partial charge in [-0.3, -0.25) is 4.79 Å². The number of carboxylic acid groups (broad SMARTS) is 1. The summed E-state index contributed by atoms with van der Waals surface area (Å²) in [6.07, 6.45) is 17.2. The van der Waals surface area contributed by atoms with E-state index in [1.807, 2.05) is 118 Å². The van der Waals surface area contributed by atoms with Gasteiger partial charge >= 0.3 is 18.0 Å². The molecule has 3 aromatic heterocycles. The predicted octanol–water partition coefficient (Wildman–Crippen LogP) is 16.1. The molecule has 0 unspecified atom stereocenters. The van der Waals surface area contributed by atoms with Crippen LogP contribution in [0.4, 0.5) is 34.5 Å². The van der Waals surface area contributed by atoms with E-state index in [1.54, 1.807) is 26.2 Å². The van der Waals surface area contributed by atoms with E-state index in [9.17, 15) is 19.8 Å². The lowest BCUT2D eigenvalue weighted by Gasteiger charge is -2.38. The first-order chi connectivity index (χ1) is 60.2. The molecule has 6 aliphatic rings. The third kappa shape index (κ3) is 30.5. The quantitative estimate of drug-likeness (QED) is 0.0320. The van der Waals surface area contributed by atoms with Crippen LogP contribution in [0.3, 0.4) is 0 Å². The lowest BCUT2D eigenvalue weighted by Crippen LogP contribution is -2.49. The molecule has 129 heavy (non-hydrogen) atoms. The van der Waals surface area contributed by atoms with Gasteiger partial charge in [-0.15, -0.1) is 24.8 Å². The SMILES string of the molecule is C.C.C.CN(C)C/C=C/C(=O)O.COCOc1cc(N2CCc3c(nc(O[C@H](C)CN(C)C)nc3N3CCCCC3)C2)c2ccccc2c1.C[C@@H](Cc1nc2c(c(N3CCN(C(=O)/C=C/CN(C)C)CC3)n1)CCN(c1cc(O)cc3ccccc13)C2)CN(C)C.C[C@H](CN(C)C)Oc1nc2c(c(N3CCCCC3)n1)CCN(c1cc(O)cc3ccccc13)C2.Cl.Cl.[2H]CC. The molecule has 29 heteroatoms. The molecule has 3 atom stereocenters. The van der Waals surface area contributed by atoms with Crippen LogP contribution in [0.25, 0.3) is 32.3 Å². The third-order valence-electron chi connectivity index (χ3n) is 22.7. The van der Waals surface area contributed by atoms with Crippen LogP contribution in [0.5, 0.6) is 29.3 Å². The van der Waals surface area contributed by atoms with Crippen molar-refractivity contribution in [2.45, 2.75) is 153 Å². The van der Waals surface area contributed by atoms with Crippen LogP contribution in [-0.2, 0) is 59.6 Å². The van der Waals surface area contributed by atoms with E-state index >= 15 is 0 Å². The Labute approximate surface area is 783 Å². The van der Waals surface area contributed by atoms with E-state index in [1.165, 1.54) is 60.6 Å². The number of fused-ring (bicyclic) bond motifs is 6. The van der Waals surface area contributed by atoms with Gasteiger partial charge in [-0.25, -0.2) is 14.8 Å². The normalized spacial score (nSPS) is 15.6. The Hall–Kier alpha value is -10.1. The zero-order chi connectivity index (χ0) is 89.2. The van der Waals surface area contributed by atoms with Gasteiger partial charge < -0.3 is 93.1 Å². The average molecular weight is 1820 g/mol. The van der Waals surface area contributed by atoms with Gasteiger partial charge in [-0.05, 0) is 182 Å². The van der Waals surface area contributed by atoms with Crippen molar-refractivity contribution in [3.05, 3.63) is 173 Å². The number of nitrogens with zero attached hydrogens (tertiary/aromatic N) is 18. The number of methoxy groups -OCH3 is 1. The molecule has 9 heterocycles. The van der Waals surface area contributed by atoms with E-state index in [0.717, 1.165) is 207 Å². The summed E-state index contributed by atoms with van der Waals surface area (Å²) in [4.78, 5) is 79.3. The van der Waals surface area contributed by atoms with Gasteiger partial charge in [0.1, 0.15) is 52.7 Å². The summed E-state index contributed by atoms with van der Waals surface area (Å²) >= 11 is 0.